The van der Waals surface area contributed by atoms with Crippen molar-refractivity contribution >= 4 is 10.0 Å². The fraction of sp³-hybridized carbons (Fsp3) is 0.684. The molecule has 0 spiro atoms. The zero-order valence-corrected chi connectivity index (χ0v) is 15.9. The first-order chi connectivity index (χ1) is 12.1. The summed E-state index contributed by atoms with van der Waals surface area (Å²) in [6, 6.07) is 9.95. The van der Waals surface area contributed by atoms with Crippen LogP contribution in [0.5, 0.6) is 0 Å². The molecule has 2 unspecified atom stereocenters. The van der Waals surface area contributed by atoms with Crippen molar-refractivity contribution in [1.82, 2.24) is 14.1 Å². The minimum Gasteiger partial charge on any atom is -0.303 e. The molecule has 25 heavy (non-hydrogen) atoms. The Labute approximate surface area is 151 Å². The van der Waals surface area contributed by atoms with E-state index >= 15 is 0 Å². The van der Waals surface area contributed by atoms with Gasteiger partial charge in [-0.2, -0.15) is 4.31 Å². The number of rotatable bonds is 5. The Morgan fingerprint density at radius 2 is 1.76 bits per heavy atom. The molecule has 0 bridgehead atoms. The molecule has 3 heterocycles. The monoisotopic (exact) mass is 363 g/mol. The van der Waals surface area contributed by atoms with E-state index in [1.807, 2.05) is 6.07 Å². The molecule has 0 amide bonds. The number of hydrogen-bond acceptors (Lipinski definition) is 4. The second-order valence-electron chi connectivity index (χ2n) is 7.73. The first-order valence-corrected chi connectivity index (χ1v) is 11.1. The highest BCUT2D eigenvalue weighted by Gasteiger charge is 2.51. The van der Waals surface area contributed by atoms with E-state index in [9.17, 15) is 8.42 Å². The SMILES string of the molecule is CCCN1CCC(N2CC3CN(S(=O)(=O)c4ccccc4)CC32)CC1. The lowest BCUT2D eigenvalue weighted by Gasteiger charge is -2.50. The minimum atomic E-state index is -3.34. The van der Waals surface area contributed by atoms with Gasteiger partial charge < -0.3 is 4.90 Å². The Morgan fingerprint density at radius 1 is 1.04 bits per heavy atom. The highest BCUT2D eigenvalue weighted by molar-refractivity contribution is 7.89. The van der Waals surface area contributed by atoms with Gasteiger partial charge in [0.1, 0.15) is 0 Å². The van der Waals surface area contributed by atoms with Gasteiger partial charge in [-0.15, -0.1) is 0 Å². The van der Waals surface area contributed by atoms with Crippen LogP contribution in [0, 0.1) is 5.92 Å². The summed E-state index contributed by atoms with van der Waals surface area (Å²) in [5, 5.41) is 0. The summed E-state index contributed by atoms with van der Waals surface area (Å²) < 4.78 is 27.4. The van der Waals surface area contributed by atoms with E-state index in [0.717, 1.165) is 6.54 Å². The summed E-state index contributed by atoms with van der Waals surface area (Å²) >= 11 is 0. The highest BCUT2D eigenvalue weighted by Crippen LogP contribution is 2.38. The topological polar surface area (TPSA) is 43.9 Å². The highest BCUT2D eigenvalue weighted by atomic mass is 32.2. The summed E-state index contributed by atoms with van der Waals surface area (Å²) in [6.45, 7) is 8.26. The third kappa shape index (κ3) is 3.25. The van der Waals surface area contributed by atoms with Crippen LogP contribution >= 0.6 is 0 Å². The largest absolute Gasteiger partial charge is 0.303 e. The molecule has 0 aliphatic carbocycles. The van der Waals surface area contributed by atoms with Crippen LogP contribution in [0.3, 0.4) is 0 Å². The van der Waals surface area contributed by atoms with E-state index in [1.54, 1.807) is 28.6 Å². The standard InChI is InChI=1S/C19H29N3O2S/c1-2-10-20-11-8-17(9-12-20)22-14-16-13-21(15-19(16)22)25(23,24)18-6-4-3-5-7-18/h3-7,16-17,19H,2,8-15H2,1H3. The van der Waals surface area contributed by atoms with Crippen LogP contribution in [0.2, 0.25) is 0 Å². The van der Waals surface area contributed by atoms with Gasteiger partial charge in [0.15, 0.2) is 0 Å². The molecule has 3 aliphatic heterocycles. The van der Waals surface area contributed by atoms with Crippen molar-refractivity contribution in [2.45, 2.75) is 43.2 Å². The maximum atomic E-state index is 12.9. The maximum Gasteiger partial charge on any atom is 0.243 e. The van der Waals surface area contributed by atoms with Crippen LogP contribution in [0.25, 0.3) is 0 Å². The van der Waals surface area contributed by atoms with E-state index in [-0.39, 0.29) is 0 Å². The van der Waals surface area contributed by atoms with Crippen LogP contribution in [0.1, 0.15) is 26.2 Å². The van der Waals surface area contributed by atoms with E-state index in [0.29, 0.717) is 36.0 Å². The molecule has 3 fully saturated rings. The number of benzene rings is 1. The third-order valence-electron chi connectivity index (χ3n) is 6.19. The Bertz CT molecular complexity index is 686. The zero-order valence-electron chi connectivity index (χ0n) is 15.0. The van der Waals surface area contributed by atoms with Gasteiger partial charge in [-0.05, 0) is 51.0 Å². The molecule has 0 aromatic heterocycles. The lowest BCUT2D eigenvalue weighted by Crippen LogP contribution is -2.61. The lowest BCUT2D eigenvalue weighted by atomic mass is 9.87. The van der Waals surface area contributed by atoms with Crippen molar-refractivity contribution in [2.75, 3.05) is 39.3 Å². The van der Waals surface area contributed by atoms with E-state index < -0.39 is 10.0 Å². The molecule has 138 valence electrons. The van der Waals surface area contributed by atoms with Crippen LogP contribution in [-0.2, 0) is 10.0 Å². The van der Waals surface area contributed by atoms with Crippen molar-refractivity contribution in [3.05, 3.63) is 30.3 Å². The lowest BCUT2D eigenvalue weighted by molar-refractivity contribution is -0.0168. The van der Waals surface area contributed by atoms with Gasteiger partial charge in [-0.1, -0.05) is 25.1 Å². The van der Waals surface area contributed by atoms with Crippen molar-refractivity contribution in [3.8, 4) is 0 Å². The van der Waals surface area contributed by atoms with Crippen LogP contribution < -0.4 is 0 Å². The normalized spacial score (nSPS) is 29.5. The van der Waals surface area contributed by atoms with Crippen molar-refractivity contribution < 1.29 is 8.42 Å². The van der Waals surface area contributed by atoms with E-state index in [1.165, 1.54) is 38.9 Å². The van der Waals surface area contributed by atoms with Crippen molar-refractivity contribution in [2.24, 2.45) is 5.92 Å². The molecule has 3 aliphatic rings. The number of hydrogen-bond donors (Lipinski definition) is 0. The number of sulfonamides is 1. The first-order valence-electron chi connectivity index (χ1n) is 9.63. The van der Waals surface area contributed by atoms with Crippen molar-refractivity contribution in [3.63, 3.8) is 0 Å². The van der Waals surface area contributed by atoms with Gasteiger partial charge in [-0.3, -0.25) is 4.90 Å². The summed E-state index contributed by atoms with van der Waals surface area (Å²) in [5.74, 6) is 0.521. The Balaban J connectivity index is 1.37. The minimum absolute atomic E-state index is 0.427. The van der Waals surface area contributed by atoms with Crippen molar-refractivity contribution in [1.29, 1.82) is 0 Å². The second-order valence-corrected chi connectivity index (χ2v) is 9.67. The van der Waals surface area contributed by atoms with Gasteiger partial charge in [0.2, 0.25) is 10.0 Å². The number of nitrogens with zero attached hydrogens (tertiary/aromatic N) is 3. The number of piperidine rings is 1. The molecule has 5 nitrogen and oxygen atoms in total. The van der Waals surface area contributed by atoms with Crippen LogP contribution in [-0.4, -0.2) is 73.9 Å². The summed E-state index contributed by atoms with van der Waals surface area (Å²) in [5.41, 5.74) is 0. The molecule has 0 saturated carbocycles. The third-order valence-corrected chi connectivity index (χ3v) is 8.04. The quantitative estimate of drug-likeness (QED) is 0.801. The van der Waals surface area contributed by atoms with Gasteiger partial charge in [0.25, 0.3) is 0 Å². The molecule has 0 radical (unpaired) electrons. The van der Waals surface area contributed by atoms with Crippen LogP contribution in [0.15, 0.2) is 35.2 Å². The van der Waals surface area contributed by atoms with Gasteiger partial charge in [0, 0.05) is 37.6 Å². The molecular formula is C19H29N3O2S. The predicted molar refractivity (Wildman–Crippen MR) is 98.9 cm³/mol. The molecule has 3 saturated heterocycles. The fourth-order valence-corrected chi connectivity index (χ4v) is 6.32. The summed E-state index contributed by atoms with van der Waals surface area (Å²) in [4.78, 5) is 5.58. The maximum absolute atomic E-state index is 12.9. The van der Waals surface area contributed by atoms with Gasteiger partial charge in [0.05, 0.1) is 4.90 Å². The summed E-state index contributed by atoms with van der Waals surface area (Å²) in [7, 11) is -3.34. The average molecular weight is 364 g/mol. The first kappa shape index (κ1) is 17.5. The Kier molecular flexibility index (Phi) is 4.88. The Hall–Kier alpha value is -0.950. The smallest absolute Gasteiger partial charge is 0.243 e. The molecule has 6 heteroatoms. The summed E-state index contributed by atoms with van der Waals surface area (Å²) in [6.07, 6.45) is 3.69. The molecule has 1 aromatic carbocycles. The Morgan fingerprint density at radius 3 is 2.44 bits per heavy atom. The molecular weight excluding hydrogens is 334 g/mol. The second kappa shape index (κ2) is 6.99. The average Bonchev–Trinajstić information content (AvgIpc) is 2.95. The van der Waals surface area contributed by atoms with Gasteiger partial charge in [-0.25, -0.2) is 8.42 Å². The number of likely N-dealkylation sites (tertiary alicyclic amines) is 2. The fourth-order valence-electron chi connectivity index (χ4n) is 4.79. The zero-order chi connectivity index (χ0) is 17.4. The number of fused-ring (bicyclic) bond motifs is 1. The predicted octanol–water partition coefficient (Wildman–Crippen LogP) is 1.87. The van der Waals surface area contributed by atoms with E-state index in [2.05, 4.69) is 16.7 Å². The van der Waals surface area contributed by atoms with Gasteiger partial charge >= 0.3 is 0 Å². The molecule has 0 N–H and O–H groups in total. The molecule has 1 aromatic rings. The van der Waals surface area contributed by atoms with E-state index in [4.69, 9.17) is 0 Å². The van der Waals surface area contributed by atoms with Crippen LogP contribution in [0.4, 0.5) is 0 Å². The molecule has 4 rings (SSSR count). The molecule has 2 atom stereocenters.